The van der Waals surface area contributed by atoms with Crippen LogP contribution in [0.15, 0.2) is 73.2 Å². The molecule has 4 aromatic rings. The Morgan fingerprint density at radius 3 is 2.27 bits per heavy atom. The zero-order valence-corrected chi connectivity index (χ0v) is 18.2. The number of fused-ring (bicyclic) bond motifs is 1. The first kappa shape index (κ1) is 20.6. The van der Waals surface area contributed by atoms with Crippen molar-refractivity contribution in [2.75, 3.05) is 19.1 Å². The summed E-state index contributed by atoms with van der Waals surface area (Å²) in [5, 5.41) is 0. The topological polar surface area (TPSA) is 90.3 Å². The predicted molar refractivity (Wildman–Crippen MR) is 122 cm³/mol. The summed E-state index contributed by atoms with van der Waals surface area (Å²) in [5.74, 6) is 2.14. The van der Waals surface area contributed by atoms with Gasteiger partial charge in [-0.05, 0) is 41.8 Å². The van der Waals surface area contributed by atoms with Crippen LogP contribution in [0.2, 0.25) is 0 Å². The lowest BCUT2D eigenvalue weighted by atomic mass is 9.97. The first-order valence-corrected chi connectivity index (χ1v) is 10.4. The van der Waals surface area contributed by atoms with Gasteiger partial charge >= 0.3 is 0 Å². The third-order valence-corrected chi connectivity index (χ3v) is 5.60. The van der Waals surface area contributed by atoms with Crippen molar-refractivity contribution in [2.45, 2.75) is 12.5 Å². The SMILES string of the molecule is COc1cc2c(cc1OC)C(Cc1ccccc1)N(c1ccnc(-c3ncccn3)n1)C2=O. The number of carbonyl (C=O) groups is 1. The zero-order chi connectivity index (χ0) is 22.8. The molecule has 1 atom stereocenters. The second-order valence-electron chi connectivity index (χ2n) is 7.49. The Morgan fingerprint density at radius 1 is 0.848 bits per heavy atom. The molecule has 0 radical (unpaired) electrons. The van der Waals surface area contributed by atoms with Crippen molar-refractivity contribution in [1.29, 1.82) is 0 Å². The average Bonchev–Trinajstić information content (AvgIpc) is 3.14. The van der Waals surface area contributed by atoms with Crippen molar-refractivity contribution >= 4 is 11.7 Å². The van der Waals surface area contributed by atoms with Gasteiger partial charge in [-0.2, -0.15) is 0 Å². The first-order chi connectivity index (χ1) is 16.2. The lowest BCUT2D eigenvalue weighted by molar-refractivity contribution is 0.0990. The number of ether oxygens (including phenoxy) is 2. The quantitative estimate of drug-likeness (QED) is 0.450. The lowest BCUT2D eigenvalue weighted by Gasteiger charge is -2.25. The van der Waals surface area contributed by atoms with E-state index in [0.29, 0.717) is 40.9 Å². The second kappa shape index (κ2) is 8.66. The molecule has 0 N–H and O–H groups in total. The van der Waals surface area contributed by atoms with Gasteiger partial charge in [0.2, 0.25) is 0 Å². The number of rotatable bonds is 6. The van der Waals surface area contributed by atoms with Gasteiger partial charge in [0.1, 0.15) is 5.82 Å². The number of benzene rings is 2. The first-order valence-electron chi connectivity index (χ1n) is 10.4. The Balaban J connectivity index is 1.63. The minimum Gasteiger partial charge on any atom is -0.493 e. The largest absolute Gasteiger partial charge is 0.493 e. The number of carbonyl (C=O) groups excluding carboxylic acids is 1. The molecule has 164 valence electrons. The van der Waals surface area contributed by atoms with Gasteiger partial charge in [-0.25, -0.2) is 19.9 Å². The van der Waals surface area contributed by atoms with Crippen molar-refractivity contribution in [1.82, 2.24) is 19.9 Å². The van der Waals surface area contributed by atoms with Crippen LogP contribution >= 0.6 is 0 Å². The summed E-state index contributed by atoms with van der Waals surface area (Å²) in [5.41, 5.74) is 2.52. The molecule has 0 saturated carbocycles. The van der Waals surface area contributed by atoms with Gasteiger partial charge in [0.05, 0.1) is 20.3 Å². The van der Waals surface area contributed by atoms with Crippen molar-refractivity contribution in [3.05, 3.63) is 89.9 Å². The van der Waals surface area contributed by atoms with E-state index in [0.717, 1.165) is 11.1 Å². The van der Waals surface area contributed by atoms with Crippen LogP contribution in [0.1, 0.15) is 27.5 Å². The molecule has 2 aromatic heterocycles. The van der Waals surface area contributed by atoms with Crippen molar-refractivity contribution in [3.8, 4) is 23.1 Å². The molecule has 8 nitrogen and oxygen atoms in total. The van der Waals surface area contributed by atoms with Gasteiger partial charge in [-0.1, -0.05) is 30.3 Å². The fraction of sp³-hybridized carbons (Fsp3) is 0.160. The van der Waals surface area contributed by atoms with Crippen LogP contribution in [-0.2, 0) is 6.42 Å². The summed E-state index contributed by atoms with van der Waals surface area (Å²) in [6.45, 7) is 0. The van der Waals surface area contributed by atoms with E-state index in [4.69, 9.17) is 9.47 Å². The lowest BCUT2D eigenvalue weighted by Crippen LogP contribution is -2.30. The molecular weight excluding hydrogens is 418 g/mol. The minimum atomic E-state index is -0.283. The normalized spacial score (nSPS) is 14.8. The summed E-state index contributed by atoms with van der Waals surface area (Å²) in [7, 11) is 3.14. The van der Waals surface area contributed by atoms with Crippen LogP contribution in [0.5, 0.6) is 11.5 Å². The highest BCUT2D eigenvalue weighted by Crippen LogP contribution is 2.43. The molecule has 0 fully saturated rings. The van der Waals surface area contributed by atoms with Crippen LogP contribution in [0.25, 0.3) is 11.6 Å². The Kier molecular flexibility index (Phi) is 5.40. The molecule has 1 aliphatic rings. The summed E-state index contributed by atoms with van der Waals surface area (Å²) < 4.78 is 11.0. The number of methoxy groups -OCH3 is 2. The third kappa shape index (κ3) is 3.76. The molecule has 0 spiro atoms. The molecule has 1 amide bonds. The molecule has 8 heteroatoms. The minimum absolute atomic E-state index is 0.162. The Morgan fingerprint density at radius 2 is 1.55 bits per heavy atom. The number of anilines is 1. The van der Waals surface area contributed by atoms with Crippen LogP contribution < -0.4 is 14.4 Å². The maximum Gasteiger partial charge on any atom is 0.260 e. The summed E-state index contributed by atoms with van der Waals surface area (Å²) >= 11 is 0. The van der Waals surface area contributed by atoms with Crippen LogP contribution in [-0.4, -0.2) is 40.1 Å². The van der Waals surface area contributed by atoms with Crippen LogP contribution in [0, 0.1) is 0 Å². The van der Waals surface area contributed by atoms with Crippen molar-refractivity contribution in [2.24, 2.45) is 0 Å². The van der Waals surface area contributed by atoms with Gasteiger partial charge in [-0.15, -0.1) is 0 Å². The van der Waals surface area contributed by atoms with Crippen molar-refractivity contribution < 1.29 is 14.3 Å². The number of hydrogen-bond donors (Lipinski definition) is 0. The number of nitrogens with zero attached hydrogens (tertiary/aromatic N) is 5. The number of amides is 1. The molecule has 3 heterocycles. The van der Waals surface area contributed by atoms with Crippen molar-refractivity contribution in [3.63, 3.8) is 0 Å². The smallest absolute Gasteiger partial charge is 0.260 e. The summed E-state index contributed by atoms with van der Waals surface area (Å²) in [6, 6.07) is 16.8. The fourth-order valence-electron chi connectivity index (χ4n) is 4.07. The maximum absolute atomic E-state index is 13.7. The molecule has 1 unspecified atom stereocenters. The van der Waals surface area contributed by atoms with E-state index in [9.17, 15) is 4.79 Å². The molecule has 2 aromatic carbocycles. The van der Waals surface area contributed by atoms with Gasteiger partial charge in [0.25, 0.3) is 5.91 Å². The number of aromatic nitrogens is 4. The van der Waals surface area contributed by atoms with E-state index in [-0.39, 0.29) is 11.9 Å². The van der Waals surface area contributed by atoms with Gasteiger partial charge in [0, 0.05) is 24.2 Å². The molecule has 5 rings (SSSR count). The zero-order valence-electron chi connectivity index (χ0n) is 18.2. The van der Waals surface area contributed by atoms with E-state index in [2.05, 4.69) is 19.9 Å². The Bertz CT molecular complexity index is 1300. The molecular formula is C25H21N5O3. The van der Waals surface area contributed by atoms with Gasteiger partial charge in [0.15, 0.2) is 23.1 Å². The fourth-order valence-corrected chi connectivity index (χ4v) is 4.07. The van der Waals surface area contributed by atoms with E-state index in [1.807, 2.05) is 36.4 Å². The van der Waals surface area contributed by atoms with Gasteiger partial charge in [-0.3, -0.25) is 9.69 Å². The molecule has 33 heavy (non-hydrogen) atoms. The molecule has 1 aliphatic heterocycles. The standard InChI is InChI=1S/C25H21N5O3/c1-32-20-14-17-18(15-21(20)33-2)25(31)30(19(17)13-16-7-4-3-5-8-16)22-9-12-28-24(29-22)23-26-10-6-11-27-23/h3-12,14-15,19H,13H2,1-2H3. The second-order valence-corrected chi connectivity index (χ2v) is 7.49. The highest BCUT2D eigenvalue weighted by atomic mass is 16.5. The van der Waals surface area contributed by atoms with E-state index in [1.54, 1.807) is 55.9 Å². The maximum atomic E-state index is 13.7. The van der Waals surface area contributed by atoms with Crippen LogP contribution in [0.4, 0.5) is 5.82 Å². The van der Waals surface area contributed by atoms with E-state index < -0.39 is 0 Å². The third-order valence-electron chi connectivity index (χ3n) is 5.60. The molecule has 0 bridgehead atoms. The monoisotopic (exact) mass is 439 g/mol. The van der Waals surface area contributed by atoms with Crippen LogP contribution in [0.3, 0.4) is 0 Å². The van der Waals surface area contributed by atoms with Gasteiger partial charge < -0.3 is 9.47 Å². The summed E-state index contributed by atoms with van der Waals surface area (Å²) in [4.78, 5) is 32.8. The highest BCUT2D eigenvalue weighted by Gasteiger charge is 2.40. The average molecular weight is 439 g/mol. The predicted octanol–water partition coefficient (Wildman–Crippen LogP) is 3.90. The highest BCUT2D eigenvalue weighted by molar-refractivity contribution is 6.11. The molecule has 0 saturated heterocycles. The Labute approximate surface area is 190 Å². The number of hydrogen-bond acceptors (Lipinski definition) is 7. The Hall–Kier alpha value is -4.33. The summed E-state index contributed by atoms with van der Waals surface area (Å²) in [6.07, 6.45) is 5.49. The van der Waals surface area contributed by atoms with E-state index >= 15 is 0 Å². The molecule has 0 aliphatic carbocycles. The van der Waals surface area contributed by atoms with E-state index in [1.165, 1.54) is 0 Å².